The second-order valence-corrected chi connectivity index (χ2v) is 8.06. The molecular weight excluding hydrogens is 466 g/mol. The zero-order chi connectivity index (χ0) is 24.2. The quantitative estimate of drug-likeness (QED) is 0.179. The lowest BCUT2D eigenvalue weighted by atomic mass is 10.1. The highest BCUT2D eigenvalue weighted by Gasteiger charge is 2.19. The summed E-state index contributed by atoms with van der Waals surface area (Å²) in [4.78, 5) is 19.8. The first kappa shape index (κ1) is 22.3. The minimum absolute atomic E-state index is 0.0133. The van der Waals surface area contributed by atoms with Crippen molar-refractivity contribution in [2.75, 3.05) is 0 Å². The molecule has 0 aliphatic carbocycles. The van der Waals surface area contributed by atoms with Gasteiger partial charge in [0.1, 0.15) is 18.1 Å². The largest absolute Gasteiger partial charge is 0.489 e. The summed E-state index contributed by atoms with van der Waals surface area (Å²) in [5.41, 5.74) is 4.17. The highest BCUT2D eigenvalue weighted by atomic mass is 35.5. The summed E-state index contributed by atoms with van der Waals surface area (Å²) in [6.07, 6.45) is 1.76. The normalized spacial score (nSPS) is 10.8. The number of hydrogen-bond acceptors (Lipinski definition) is 6. The second-order valence-electron chi connectivity index (χ2n) is 7.65. The van der Waals surface area contributed by atoms with Gasteiger partial charge in [-0.15, -0.1) is 0 Å². The second kappa shape index (κ2) is 9.79. The van der Waals surface area contributed by atoms with E-state index >= 15 is 0 Å². The van der Waals surface area contributed by atoms with Gasteiger partial charge >= 0.3 is 5.69 Å². The average molecular weight is 484 g/mol. The molecule has 1 aromatic heterocycles. The average Bonchev–Trinajstić information content (AvgIpc) is 2.89. The highest BCUT2D eigenvalue weighted by molar-refractivity contribution is 6.32. The first-order valence-electron chi connectivity index (χ1n) is 10.7. The summed E-state index contributed by atoms with van der Waals surface area (Å²) < 4.78 is 11.6. The molecule has 0 aliphatic heterocycles. The first-order valence-corrected chi connectivity index (χ1v) is 11.1. The van der Waals surface area contributed by atoms with E-state index in [0.717, 1.165) is 33.6 Å². The van der Waals surface area contributed by atoms with Gasteiger partial charge in [0.15, 0.2) is 0 Å². The van der Waals surface area contributed by atoms with Crippen molar-refractivity contribution in [2.24, 2.45) is 0 Å². The van der Waals surface area contributed by atoms with E-state index in [1.54, 1.807) is 24.4 Å². The van der Waals surface area contributed by atoms with Crippen molar-refractivity contribution in [1.29, 1.82) is 0 Å². The summed E-state index contributed by atoms with van der Waals surface area (Å²) in [7, 11) is 0. The third kappa shape index (κ3) is 5.05. The Kier molecular flexibility index (Phi) is 6.24. The number of nitrogens with zero attached hydrogens (tertiary/aromatic N) is 3. The fourth-order valence-corrected chi connectivity index (χ4v) is 3.71. The Morgan fingerprint density at radius 2 is 1.54 bits per heavy atom. The van der Waals surface area contributed by atoms with Crippen LogP contribution in [-0.2, 0) is 6.61 Å². The van der Waals surface area contributed by atoms with Crippen LogP contribution in [-0.4, -0.2) is 14.9 Å². The van der Waals surface area contributed by atoms with E-state index in [2.05, 4.69) is 9.97 Å². The molecule has 0 spiro atoms. The molecule has 4 aromatic carbocycles. The van der Waals surface area contributed by atoms with Crippen molar-refractivity contribution >= 4 is 28.3 Å². The van der Waals surface area contributed by atoms with E-state index < -0.39 is 4.92 Å². The molecule has 0 fully saturated rings. The number of aromatic nitrogens is 2. The monoisotopic (exact) mass is 483 g/mol. The van der Waals surface area contributed by atoms with Crippen molar-refractivity contribution in [2.45, 2.75) is 6.61 Å². The van der Waals surface area contributed by atoms with Crippen LogP contribution in [0, 0.1) is 10.1 Å². The van der Waals surface area contributed by atoms with Gasteiger partial charge in [-0.1, -0.05) is 41.9 Å². The maximum Gasteiger partial charge on any atom is 0.313 e. The summed E-state index contributed by atoms with van der Waals surface area (Å²) in [6, 6.07) is 26.9. The van der Waals surface area contributed by atoms with Crippen LogP contribution in [0.15, 0.2) is 97.2 Å². The minimum Gasteiger partial charge on any atom is -0.489 e. The molecule has 0 unspecified atom stereocenters. The number of para-hydroxylation sites is 3. The van der Waals surface area contributed by atoms with Crippen molar-refractivity contribution in [3.8, 4) is 28.5 Å². The van der Waals surface area contributed by atoms with Gasteiger partial charge in [-0.2, -0.15) is 0 Å². The number of halogens is 1. The molecule has 0 atom stereocenters. The van der Waals surface area contributed by atoms with Crippen LogP contribution in [0.2, 0.25) is 5.02 Å². The number of rotatable bonds is 7. The van der Waals surface area contributed by atoms with Gasteiger partial charge in [0.2, 0.25) is 5.75 Å². The molecule has 0 N–H and O–H groups in total. The Morgan fingerprint density at radius 3 is 2.29 bits per heavy atom. The van der Waals surface area contributed by atoms with Gasteiger partial charge in [-0.3, -0.25) is 15.1 Å². The van der Waals surface area contributed by atoms with E-state index in [-0.39, 0.29) is 16.5 Å². The molecule has 1 heterocycles. The predicted molar refractivity (Wildman–Crippen MR) is 134 cm³/mol. The smallest absolute Gasteiger partial charge is 0.313 e. The molecule has 8 heteroatoms. The van der Waals surface area contributed by atoms with Crippen molar-refractivity contribution in [1.82, 2.24) is 9.97 Å². The summed E-state index contributed by atoms with van der Waals surface area (Å²) in [6.45, 7) is 0.349. The fourth-order valence-electron chi connectivity index (χ4n) is 3.50. The zero-order valence-electron chi connectivity index (χ0n) is 18.3. The van der Waals surface area contributed by atoms with E-state index in [4.69, 9.17) is 21.1 Å². The SMILES string of the molecule is O=[N+]([O-])c1cccc(Cl)c1Oc1ccc(COc2ccc(-c3cnc4ccccc4n3)cc2)cc1. The Hall–Kier alpha value is -4.49. The standard InChI is InChI=1S/C27H18ClN3O4/c28-22-4-3-7-26(31(32)33)27(22)35-21-12-8-18(9-13-21)17-34-20-14-10-19(11-15-20)25-16-29-23-5-1-2-6-24(23)30-25/h1-16H,17H2. The van der Waals surface area contributed by atoms with Crippen molar-refractivity contribution in [3.63, 3.8) is 0 Å². The van der Waals surface area contributed by atoms with Crippen LogP contribution in [0.3, 0.4) is 0 Å². The van der Waals surface area contributed by atoms with E-state index in [0.29, 0.717) is 12.4 Å². The van der Waals surface area contributed by atoms with Gasteiger partial charge in [0.05, 0.1) is 32.9 Å². The first-order chi connectivity index (χ1) is 17.1. The van der Waals surface area contributed by atoms with E-state index in [1.165, 1.54) is 12.1 Å². The molecule has 0 amide bonds. The molecular formula is C27H18ClN3O4. The molecule has 0 aliphatic rings. The van der Waals surface area contributed by atoms with E-state index in [9.17, 15) is 10.1 Å². The number of fused-ring (bicyclic) bond motifs is 1. The van der Waals surface area contributed by atoms with Crippen LogP contribution >= 0.6 is 11.6 Å². The Balaban J connectivity index is 1.23. The molecule has 5 aromatic rings. The third-order valence-corrected chi connectivity index (χ3v) is 5.59. The van der Waals surface area contributed by atoms with Crippen LogP contribution < -0.4 is 9.47 Å². The predicted octanol–water partition coefficient (Wildman–Crippen LogP) is 7.23. The topological polar surface area (TPSA) is 87.4 Å². The Bertz CT molecular complexity index is 1510. The zero-order valence-corrected chi connectivity index (χ0v) is 19.1. The maximum absolute atomic E-state index is 11.2. The molecule has 0 radical (unpaired) electrons. The number of benzene rings is 4. The maximum atomic E-state index is 11.2. The van der Waals surface area contributed by atoms with Crippen molar-refractivity contribution in [3.05, 3.63) is 118 Å². The molecule has 35 heavy (non-hydrogen) atoms. The lowest BCUT2D eigenvalue weighted by Gasteiger charge is -2.10. The molecule has 7 nitrogen and oxygen atoms in total. The van der Waals surface area contributed by atoms with Crippen LogP contribution in [0.25, 0.3) is 22.3 Å². The lowest BCUT2D eigenvalue weighted by Crippen LogP contribution is -1.96. The molecule has 0 saturated carbocycles. The Morgan fingerprint density at radius 1 is 0.829 bits per heavy atom. The summed E-state index contributed by atoms with van der Waals surface area (Å²) in [5, 5.41) is 11.4. The number of ether oxygens (including phenoxy) is 2. The summed E-state index contributed by atoms with van der Waals surface area (Å²) in [5.74, 6) is 1.17. The van der Waals surface area contributed by atoms with Crippen LogP contribution in [0.5, 0.6) is 17.2 Å². The summed E-state index contributed by atoms with van der Waals surface area (Å²) >= 11 is 6.09. The number of hydrogen-bond donors (Lipinski definition) is 0. The van der Waals surface area contributed by atoms with Gasteiger partial charge < -0.3 is 9.47 Å². The molecule has 0 saturated heterocycles. The fraction of sp³-hybridized carbons (Fsp3) is 0.0370. The lowest BCUT2D eigenvalue weighted by molar-refractivity contribution is -0.385. The molecule has 172 valence electrons. The van der Waals surface area contributed by atoms with Crippen LogP contribution in [0.4, 0.5) is 5.69 Å². The minimum atomic E-state index is -0.527. The Labute approximate surface area is 205 Å². The highest BCUT2D eigenvalue weighted by Crippen LogP contribution is 2.37. The van der Waals surface area contributed by atoms with E-state index in [1.807, 2.05) is 60.7 Å². The van der Waals surface area contributed by atoms with Crippen molar-refractivity contribution < 1.29 is 14.4 Å². The van der Waals surface area contributed by atoms with Gasteiger partial charge in [-0.25, -0.2) is 4.98 Å². The molecule has 0 bridgehead atoms. The van der Waals surface area contributed by atoms with Gasteiger partial charge in [-0.05, 0) is 60.2 Å². The number of nitro benzene ring substituents is 1. The van der Waals surface area contributed by atoms with Gasteiger partial charge in [0, 0.05) is 11.6 Å². The number of nitro groups is 1. The molecule has 5 rings (SSSR count). The van der Waals surface area contributed by atoms with Gasteiger partial charge in [0.25, 0.3) is 0 Å². The van der Waals surface area contributed by atoms with Crippen LogP contribution in [0.1, 0.15) is 5.56 Å². The third-order valence-electron chi connectivity index (χ3n) is 5.29.